The van der Waals surface area contributed by atoms with Crippen LogP contribution in [0.4, 0.5) is 5.82 Å². The largest absolute Gasteiger partial charge is 0.370 e. The van der Waals surface area contributed by atoms with E-state index in [4.69, 9.17) is 0 Å². The molecule has 2 rings (SSSR count). The summed E-state index contributed by atoms with van der Waals surface area (Å²) >= 11 is 0. The maximum atomic E-state index is 12.6. The van der Waals surface area contributed by atoms with E-state index in [-0.39, 0.29) is 5.91 Å². The first-order valence-corrected chi connectivity index (χ1v) is 7.78. The van der Waals surface area contributed by atoms with Crippen LogP contribution in [0.5, 0.6) is 0 Å². The van der Waals surface area contributed by atoms with E-state index in [2.05, 4.69) is 17.2 Å². The van der Waals surface area contributed by atoms with Crippen LogP contribution in [-0.4, -0.2) is 35.4 Å². The monoisotopic (exact) mass is 275 g/mol. The van der Waals surface area contributed by atoms with E-state index in [9.17, 15) is 4.79 Å². The summed E-state index contributed by atoms with van der Waals surface area (Å²) < 4.78 is 0. The van der Waals surface area contributed by atoms with Crippen LogP contribution in [0, 0.1) is 0 Å². The smallest absolute Gasteiger partial charge is 0.254 e. The van der Waals surface area contributed by atoms with Crippen molar-refractivity contribution in [1.82, 2.24) is 9.88 Å². The molecule has 1 aromatic heterocycles. The molecule has 4 heteroatoms. The van der Waals surface area contributed by atoms with Gasteiger partial charge in [-0.3, -0.25) is 4.79 Å². The fraction of sp³-hybridized carbons (Fsp3) is 0.625. The molecule has 1 amide bonds. The number of hydrogen-bond acceptors (Lipinski definition) is 3. The van der Waals surface area contributed by atoms with Crippen LogP contribution in [0.2, 0.25) is 0 Å². The molecule has 0 saturated carbocycles. The van der Waals surface area contributed by atoms with E-state index < -0.39 is 0 Å². The number of carbonyl (C=O) groups is 1. The van der Waals surface area contributed by atoms with Crippen LogP contribution in [0.3, 0.4) is 0 Å². The predicted octanol–water partition coefficient (Wildman–Crippen LogP) is 3.09. The topological polar surface area (TPSA) is 45.2 Å². The molecule has 1 fully saturated rings. The second-order valence-electron chi connectivity index (χ2n) is 5.37. The van der Waals surface area contributed by atoms with Gasteiger partial charge in [0.1, 0.15) is 5.82 Å². The zero-order chi connectivity index (χ0) is 14.4. The number of aromatic nitrogens is 1. The molecule has 20 heavy (non-hydrogen) atoms. The van der Waals surface area contributed by atoms with E-state index in [0.717, 1.165) is 62.4 Å². The first-order valence-electron chi connectivity index (χ1n) is 7.78. The van der Waals surface area contributed by atoms with Crippen LogP contribution in [0.15, 0.2) is 12.1 Å². The van der Waals surface area contributed by atoms with Gasteiger partial charge in [-0.25, -0.2) is 4.98 Å². The van der Waals surface area contributed by atoms with Crippen molar-refractivity contribution in [3.05, 3.63) is 23.4 Å². The number of anilines is 1. The van der Waals surface area contributed by atoms with Crippen molar-refractivity contribution < 1.29 is 4.79 Å². The van der Waals surface area contributed by atoms with E-state index in [0.29, 0.717) is 0 Å². The Bertz CT molecular complexity index is 429. The van der Waals surface area contributed by atoms with Crippen molar-refractivity contribution in [1.29, 1.82) is 0 Å². The van der Waals surface area contributed by atoms with Gasteiger partial charge < -0.3 is 10.2 Å². The number of hydrogen-bond donors (Lipinski definition) is 1. The average molecular weight is 275 g/mol. The van der Waals surface area contributed by atoms with Gasteiger partial charge in [0.2, 0.25) is 0 Å². The van der Waals surface area contributed by atoms with Crippen molar-refractivity contribution in [3.8, 4) is 0 Å². The van der Waals surface area contributed by atoms with E-state index in [1.165, 1.54) is 6.42 Å². The van der Waals surface area contributed by atoms with Crippen molar-refractivity contribution in [2.24, 2.45) is 0 Å². The lowest BCUT2D eigenvalue weighted by atomic mass is 10.1. The van der Waals surface area contributed by atoms with Crippen molar-refractivity contribution >= 4 is 11.7 Å². The summed E-state index contributed by atoms with van der Waals surface area (Å²) in [6.45, 7) is 6.77. The summed E-state index contributed by atoms with van der Waals surface area (Å²) in [5.74, 6) is 0.974. The number of likely N-dealkylation sites (tertiary alicyclic amines) is 1. The molecule has 0 atom stereocenters. The molecular formula is C16H25N3O. The molecule has 1 aliphatic rings. The highest BCUT2D eigenvalue weighted by atomic mass is 16.2. The molecule has 0 radical (unpaired) electrons. The summed E-state index contributed by atoms with van der Waals surface area (Å²) in [5, 5.41) is 3.22. The van der Waals surface area contributed by atoms with Crippen molar-refractivity contribution in [2.75, 3.05) is 25.0 Å². The van der Waals surface area contributed by atoms with Crippen LogP contribution in [0.25, 0.3) is 0 Å². The van der Waals surface area contributed by atoms with Gasteiger partial charge in [0, 0.05) is 30.9 Å². The lowest BCUT2D eigenvalue weighted by Crippen LogP contribution is -2.35. The summed E-state index contributed by atoms with van der Waals surface area (Å²) in [6, 6.07) is 3.85. The molecule has 110 valence electrons. The molecule has 2 heterocycles. The zero-order valence-corrected chi connectivity index (χ0v) is 12.6. The van der Waals surface area contributed by atoms with Gasteiger partial charge in [-0.1, -0.05) is 13.3 Å². The SMILES string of the molecule is CCCc1cc(C(=O)N2CCCCC2)cc(NCC)n1. The minimum Gasteiger partial charge on any atom is -0.370 e. The summed E-state index contributed by atoms with van der Waals surface area (Å²) in [7, 11) is 0. The molecule has 1 aliphatic heterocycles. The molecule has 0 unspecified atom stereocenters. The summed E-state index contributed by atoms with van der Waals surface area (Å²) in [6.07, 6.45) is 5.45. The van der Waals surface area contributed by atoms with E-state index >= 15 is 0 Å². The maximum Gasteiger partial charge on any atom is 0.254 e. The van der Waals surface area contributed by atoms with Crippen LogP contribution in [-0.2, 0) is 6.42 Å². The average Bonchev–Trinajstić information content (AvgIpc) is 2.48. The van der Waals surface area contributed by atoms with E-state index in [1.54, 1.807) is 0 Å². The van der Waals surface area contributed by atoms with Crippen LogP contribution >= 0.6 is 0 Å². The Morgan fingerprint density at radius 2 is 2.00 bits per heavy atom. The maximum absolute atomic E-state index is 12.6. The fourth-order valence-electron chi connectivity index (χ4n) is 2.65. The minimum absolute atomic E-state index is 0.156. The van der Waals surface area contributed by atoms with Gasteiger partial charge in [-0.2, -0.15) is 0 Å². The van der Waals surface area contributed by atoms with Crippen LogP contribution in [0.1, 0.15) is 55.6 Å². The highest BCUT2D eigenvalue weighted by molar-refractivity contribution is 5.95. The first kappa shape index (κ1) is 14.8. The molecule has 0 aromatic carbocycles. The number of carbonyl (C=O) groups excluding carboxylic acids is 1. The molecule has 1 N–H and O–H groups in total. The fourth-order valence-corrected chi connectivity index (χ4v) is 2.65. The standard InChI is InChI=1S/C16H25N3O/c1-3-8-14-11-13(12-15(18-14)17-4-2)16(20)19-9-6-5-7-10-19/h11-12H,3-10H2,1-2H3,(H,17,18). The van der Waals surface area contributed by atoms with Crippen molar-refractivity contribution in [3.63, 3.8) is 0 Å². The summed E-state index contributed by atoms with van der Waals surface area (Å²) in [5.41, 5.74) is 1.78. The molecule has 0 aliphatic carbocycles. The predicted molar refractivity (Wildman–Crippen MR) is 82.2 cm³/mol. The molecule has 1 saturated heterocycles. The Hall–Kier alpha value is -1.58. The Morgan fingerprint density at radius 1 is 1.25 bits per heavy atom. The van der Waals surface area contributed by atoms with Gasteiger partial charge in [-0.15, -0.1) is 0 Å². The minimum atomic E-state index is 0.156. The van der Waals surface area contributed by atoms with Crippen LogP contribution < -0.4 is 5.32 Å². The summed E-state index contributed by atoms with van der Waals surface area (Å²) in [4.78, 5) is 19.1. The number of pyridine rings is 1. The highest BCUT2D eigenvalue weighted by Gasteiger charge is 2.19. The Balaban J connectivity index is 2.21. The quantitative estimate of drug-likeness (QED) is 0.898. The Kier molecular flexibility index (Phi) is 5.39. The zero-order valence-electron chi connectivity index (χ0n) is 12.6. The lowest BCUT2D eigenvalue weighted by molar-refractivity contribution is 0.0724. The van der Waals surface area contributed by atoms with Gasteiger partial charge in [0.15, 0.2) is 0 Å². The number of aryl methyl sites for hydroxylation is 1. The van der Waals surface area contributed by atoms with E-state index in [1.807, 2.05) is 24.0 Å². The second kappa shape index (κ2) is 7.27. The third-order valence-electron chi connectivity index (χ3n) is 3.63. The third-order valence-corrected chi connectivity index (χ3v) is 3.63. The number of piperidine rings is 1. The lowest BCUT2D eigenvalue weighted by Gasteiger charge is -2.27. The molecule has 4 nitrogen and oxygen atoms in total. The third kappa shape index (κ3) is 3.71. The number of nitrogens with one attached hydrogen (secondary N) is 1. The Labute approximate surface area is 121 Å². The van der Waals surface area contributed by atoms with Crippen molar-refractivity contribution in [2.45, 2.75) is 46.0 Å². The van der Waals surface area contributed by atoms with Gasteiger partial charge in [0.05, 0.1) is 0 Å². The number of amides is 1. The first-order chi connectivity index (χ1) is 9.74. The molecule has 0 spiro atoms. The number of rotatable bonds is 5. The Morgan fingerprint density at radius 3 is 2.65 bits per heavy atom. The normalized spacial score (nSPS) is 15.2. The van der Waals surface area contributed by atoms with Gasteiger partial charge in [0.25, 0.3) is 5.91 Å². The van der Waals surface area contributed by atoms with Gasteiger partial charge in [-0.05, 0) is 44.7 Å². The molecular weight excluding hydrogens is 250 g/mol. The molecule has 0 bridgehead atoms. The van der Waals surface area contributed by atoms with Gasteiger partial charge >= 0.3 is 0 Å². The molecule has 1 aromatic rings. The highest BCUT2D eigenvalue weighted by Crippen LogP contribution is 2.17. The number of nitrogens with zero attached hydrogens (tertiary/aromatic N) is 2. The second-order valence-corrected chi connectivity index (χ2v) is 5.37.